The molecule has 2 aliphatic rings. The van der Waals surface area contributed by atoms with Crippen LogP contribution in [0.4, 0.5) is 17.1 Å². The first-order valence-corrected chi connectivity index (χ1v) is 23.0. The van der Waals surface area contributed by atoms with Gasteiger partial charge in [0.2, 0.25) is 0 Å². The second-order valence-electron chi connectivity index (χ2n) is 21.5. The molecule has 0 radical (unpaired) electrons. The summed E-state index contributed by atoms with van der Waals surface area (Å²) in [6, 6.07) is 61.4. The van der Waals surface area contributed by atoms with Crippen LogP contribution in [0, 0.1) is 0 Å². The van der Waals surface area contributed by atoms with Gasteiger partial charge in [0.05, 0.1) is 5.69 Å². The van der Waals surface area contributed by atoms with E-state index in [-0.39, 0.29) is 21.7 Å². The van der Waals surface area contributed by atoms with Gasteiger partial charge in [-0.25, -0.2) is 0 Å². The summed E-state index contributed by atoms with van der Waals surface area (Å²) in [5.74, 6) is 0. The van der Waals surface area contributed by atoms with Crippen LogP contribution in [-0.2, 0) is 21.7 Å². The Morgan fingerprint density at radius 3 is 1.45 bits per heavy atom. The maximum absolute atomic E-state index is 7.12. The van der Waals surface area contributed by atoms with Gasteiger partial charge in [-0.2, -0.15) is 0 Å². The molecule has 9 aromatic rings. The summed E-state index contributed by atoms with van der Waals surface area (Å²) in [5.41, 5.74) is 23.0. The van der Waals surface area contributed by atoms with Crippen molar-refractivity contribution in [3.05, 3.63) is 197 Å². The van der Waals surface area contributed by atoms with Crippen LogP contribution in [0.5, 0.6) is 0 Å². The molecule has 1 heterocycles. The maximum Gasteiger partial charge on any atom is 0.159 e. The van der Waals surface area contributed by atoms with Crippen molar-refractivity contribution in [3.8, 4) is 44.5 Å². The van der Waals surface area contributed by atoms with Gasteiger partial charge in [0.25, 0.3) is 0 Å². The summed E-state index contributed by atoms with van der Waals surface area (Å²) in [4.78, 5) is 2.44. The number of para-hydroxylation sites is 1. The SMILES string of the molecule is CC(C)(C)c1cc(-c2cccc(-c3ccc4c(c3)oc3c(N(c5ccc6c(c5)C(C)(C)c5ccccc5-6)c5ccc6c(c5)C(C)(C)c5ccccc5-6)cccc34)c2)cc(C(C)(C)C)c1. The van der Waals surface area contributed by atoms with E-state index in [9.17, 15) is 0 Å². The average Bonchev–Trinajstić information content (AvgIpc) is 3.85. The van der Waals surface area contributed by atoms with Crippen LogP contribution in [0.2, 0.25) is 0 Å². The van der Waals surface area contributed by atoms with Gasteiger partial charge in [-0.3, -0.25) is 0 Å². The molecular formula is C62H57NO. The fourth-order valence-electron chi connectivity index (χ4n) is 10.8. The molecule has 2 heteroatoms. The molecule has 0 fully saturated rings. The number of nitrogens with zero attached hydrogens (tertiary/aromatic N) is 1. The average molecular weight is 832 g/mol. The lowest BCUT2D eigenvalue weighted by Crippen LogP contribution is -2.18. The number of furan rings is 1. The van der Waals surface area contributed by atoms with Crippen LogP contribution in [0.1, 0.15) is 103 Å². The number of hydrogen-bond donors (Lipinski definition) is 0. The first-order chi connectivity index (χ1) is 30.5. The Kier molecular flexibility index (Phi) is 8.74. The number of benzene rings is 8. The lowest BCUT2D eigenvalue weighted by molar-refractivity contribution is 0.569. The fourth-order valence-corrected chi connectivity index (χ4v) is 10.8. The third-order valence-electron chi connectivity index (χ3n) is 14.6. The lowest BCUT2D eigenvalue weighted by atomic mass is 9.79. The zero-order valence-electron chi connectivity index (χ0n) is 38.9. The van der Waals surface area contributed by atoms with Gasteiger partial charge in [0.1, 0.15) is 5.58 Å². The molecule has 0 bridgehead atoms. The molecule has 0 amide bonds. The van der Waals surface area contributed by atoms with Gasteiger partial charge < -0.3 is 9.32 Å². The Bertz CT molecular complexity index is 3220. The Hall–Kier alpha value is -6.64. The summed E-state index contributed by atoms with van der Waals surface area (Å²) in [5, 5.41) is 2.22. The molecule has 2 nitrogen and oxygen atoms in total. The van der Waals surface area contributed by atoms with E-state index in [2.05, 4.69) is 238 Å². The van der Waals surface area contributed by atoms with E-state index in [4.69, 9.17) is 4.42 Å². The molecular weight excluding hydrogens is 775 g/mol. The molecule has 8 aromatic carbocycles. The molecule has 2 aliphatic carbocycles. The van der Waals surface area contributed by atoms with Crippen molar-refractivity contribution >= 4 is 39.0 Å². The van der Waals surface area contributed by atoms with E-state index in [1.54, 1.807) is 0 Å². The molecule has 11 rings (SSSR count). The molecule has 0 aliphatic heterocycles. The minimum atomic E-state index is -0.140. The molecule has 1 aromatic heterocycles. The van der Waals surface area contributed by atoms with Crippen LogP contribution in [0.3, 0.4) is 0 Å². The largest absolute Gasteiger partial charge is 0.454 e. The highest BCUT2D eigenvalue weighted by atomic mass is 16.3. The quantitative estimate of drug-likeness (QED) is 0.172. The van der Waals surface area contributed by atoms with E-state index in [0.29, 0.717) is 0 Å². The molecule has 64 heavy (non-hydrogen) atoms. The van der Waals surface area contributed by atoms with Crippen molar-refractivity contribution in [2.45, 2.75) is 90.9 Å². The molecule has 316 valence electrons. The van der Waals surface area contributed by atoms with Crippen molar-refractivity contribution in [1.82, 2.24) is 0 Å². The van der Waals surface area contributed by atoms with E-state index in [1.165, 1.54) is 72.3 Å². The zero-order valence-corrected chi connectivity index (χ0v) is 38.9. The predicted octanol–water partition coefficient (Wildman–Crippen LogP) is 17.6. The second kappa shape index (κ2) is 13.9. The van der Waals surface area contributed by atoms with Crippen molar-refractivity contribution < 1.29 is 4.42 Å². The molecule has 0 saturated carbocycles. The third kappa shape index (κ3) is 6.21. The smallest absolute Gasteiger partial charge is 0.159 e. The van der Waals surface area contributed by atoms with Crippen molar-refractivity contribution in [1.29, 1.82) is 0 Å². The standard InChI is InChI=1S/C62H57NO/c1-59(2,3)42-32-41(33-43(35-42)60(4,5)6)39-18-15-17-38(31-39)40-25-28-50-51-21-16-24-56(58(51)64-57(50)34-40)63(44-26-29-48-46-19-11-13-22-52(46)61(7,8)54(48)36-44)45-27-30-49-47-20-12-14-23-53(47)62(9,10)55(49)37-45/h11-37H,1-10H3. The molecule has 0 unspecified atom stereocenters. The summed E-state index contributed by atoms with van der Waals surface area (Å²) < 4.78 is 7.12. The Labute approximate surface area is 379 Å². The number of anilines is 3. The highest BCUT2D eigenvalue weighted by Gasteiger charge is 2.38. The molecule has 0 N–H and O–H groups in total. The Morgan fingerprint density at radius 2 is 0.891 bits per heavy atom. The zero-order chi connectivity index (χ0) is 44.5. The summed E-state index contributed by atoms with van der Waals surface area (Å²) >= 11 is 0. The third-order valence-corrected chi connectivity index (χ3v) is 14.6. The summed E-state index contributed by atoms with van der Waals surface area (Å²) in [7, 11) is 0. The Balaban J connectivity index is 1.06. The predicted molar refractivity (Wildman–Crippen MR) is 272 cm³/mol. The first-order valence-electron chi connectivity index (χ1n) is 23.0. The normalized spacial score (nSPS) is 14.7. The Morgan fingerprint density at radius 1 is 0.391 bits per heavy atom. The van der Waals surface area contributed by atoms with E-state index >= 15 is 0 Å². The van der Waals surface area contributed by atoms with E-state index in [0.717, 1.165) is 44.6 Å². The van der Waals surface area contributed by atoms with Crippen LogP contribution < -0.4 is 4.90 Å². The van der Waals surface area contributed by atoms with Gasteiger partial charge in [0.15, 0.2) is 5.58 Å². The van der Waals surface area contributed by atoms with Gasteiger partial charge in [-0.05, 0) is 137 Å². The number of rotatable bonds is 5. The highest BCUT2D eigenvalue weighted by molar-refractivity contribution is 6.11. The van der Waals surface area contributed by atoms with E-state index in [1.807, 2.05) is 0 Å². The molecule has 0 atom stereocenters. The first kappa shape index (κ1) is 40.2. The van der Waals surface area contributed by atoms with Gasteiger partial charge in [-0.1, -0.05) is 184 Å². The van der Waals surface area contributed by atoms with Crippen LogP contribution in [-0.4, -0.2) is 0 Å². The molecule has 0 saturated heterocycles. The van der Waals surface area contributed by atoms with Crippen molar-refractivity contribution in [2.75, 3.05) is 4.90 Å². The van der Waals surface area contributed by atoms with Gasteiger partial charge >= 0.3 is 0 Å². The number of hydrogen-bond acceptors (Lipinski definition) is 2. The van der Waals surface area contributed by atoms with Gasteiger partial charge in [-0.15, -0.1) is 0 Å². The summed E-state index contributed by atoms with van der Waals surface area (Å²) in [6.07, 6.45) is 0. The maximum atomic E-state index is 7.12. The van der Waals surface area contributed by atoms with Crippen LogP contribution in [0.25, 0.3) is 66.4 Å². The fraction of sp³-hybridized carbons (Fsp3) is 0.226. The topological polar surface area (TPSA) is 16.4 Å². The minimum Gasteiger partial charge on any atom is -0.454 e. The van der Waals surface area contributed by atoms with Crippen molar-refractivity contribution in [3.63, 3.8) is 0 Å². The monoisotopic (exact) mass is 831 g/mol. The second-order valence-corrected chi connectivity index (χ2v) is 21.5. The van der Waals surface area contributed by atoms with Crippen molar-refractivity contribution in [2.24, 2.45) is 0 Å². The van der Waals surface area contributed by atoms with Gasteiger partial charge in [0, 0.05) is 33.0 Å². The molecule has 0 spiro atoms. The summed E-state index contributed by atoms with van der Waals surface area (Å²) in [6.45, 7) is 23.3. The van der Waals surface area contributed by atoms with Crippen LogP contribution in [0.15, 0.2) is 168 Å². The van der Waals surface area contributed by atoms with Crippen LogP contribution >= 0.6 is 0 Å². The lowest BCUT2D eigenvalue weighted by Gasteiger charge is -2.29. The number of fused-ring (bicyclic) bond motifs is 9. The minimum absolute atomic E-state index is 0.0420. The van der Waals surface area contributed by atoms with E-state index < -0.39 is 0 Å². The highest BCUT2D eigenvalue weighted by Crippen LogP contribution is 2.54.